The zero-order valence-electron chi connectivity index (χ0n) is 14.6. The Morgan fingerprint density at radius 1 is 0.880 bits per heavy atom. The number of aliphatic hydroxyl groups is 2. The summed E-state index contributed by atoms with van der Waals surface area (Å²) in [4.78, 5) is 0. The van der Waals surface area contributed by atoms with Gasteiger partial charge in [-0.2, -0.15) is 0 Å². The molecule has 0 aromatic heterocycles. The van der Waals surface area contributed by atoms with Gasteiger partial charge in [-0.25, -0.2) is 0 Å². The predicted molar refractivity (Wildman–Crippen MR) is 93.2 cm³/mol. The predicted octanol–water partition coefficient (Wildman–Crippen LogP) is 2.32. The van der Waals surface area contributed by atoms with Gasteiger partial charge in [-0.3, -0.25) is 0 Å². The maximum absolute atomic E-state index is 10.4. The monoisotopic (exact) mass is 348 g/mol. The molecule has 0 radical (unpaired) electrons. The Hall–Kier alpha value is -2.28. The van der Waals surface area contributed by atoms with Gasteiger partial charge < -0.3 is 29.2 Å². The summed E-state index contributed by atoms with van der Waals surface area (Å²) in [5.74, 6) is 1.87. The number of benzene rings is 2. The number of methoxy groups -OCH3 is 3. The van der Waals surface area contributed by atoms with Gasteiger partial charge in [0.05, 0.1) is 20.3 Å². The minimum absolute atomic E-state index is 0.0807. The topological polar surface area (TPSA) is 77.4 Å². The summed E-state index contributed by atoms with van der Waals surface area (Å²) in [5, 5.41) is 20.8. The van der Waals surface area contributed by atoms with Crippen LogP contribution in [0.25, 0.3) is 0 Å². The van der Waals surface area contributed by atoms with Crippen LogP contribution in [0.15, 0.2) is 42.5 Å². The lowest BCUT2D eigenvalue weighted by atomic mass is 9.98. The second kappa shape index (κ2) is 9.27. The van der Waals surface area contributed by atoms with Crippen LogP contribution in [-0.4, -0.2) is 44.4 Å². The van der Waals surface area contributed by atoms with Gasteiger partial charge >= 0.3 is 0 Å². The van der Waals surface area contributed by atoms with Gasteiger partial charge in [0.25, 0.3) is 0 Å². The van der Waals surface area contributed by atoms with E-state index in [4.69, 9.17) is 18.9 Å². The Bertz CT molecular complexity index is 655. The molecule has 0 aliphatic carbocycles. The standard InChI is InChI=1S/C19H24O6/c1-22-12-25-18-11-16(24-3)9-6-14(18)10-17(20)19(21)13-4-7-15(23-2)8-5-13/h4-9,11,17,19-21H,10,12H2,1-3H3/t17-,19-/m0/s1. The molecular weight excluding hydrogens is 324 g/mol. The summed E-state index contributed by atoms with van der Waals surface area (Å²) in [6.07, 6.45) is -1.80. The van der Waals surface area contributed by atoms with Crippen molar-refractivity contribution in [2.75, 3.05) is 28.1 Å². The number of ether oxygens (including phenoxy) is 4. The van der Waals surface area contributed by atoms with E-state index >= 15 is 0 Å². The number of hydrogen-bond donors (Lipinski definition) is 2. The molecule has 0 unspecified atom stereocenters. The molecule has 2 aromatic rings. The molecule has 2 N–H and O–H groups in total. The first-order valence-electron chi connectivity index (χ1n) is 7.87. The average molecular weight is 348 g/mol. The van der Waals surface area contributed by atoms with Crippen molar-refractivity contribution in [2.24, 2.45) is 0 Å². The molecule has 0 heterocycles. The van der Waals surface area contributed by atoms with Crippen LogP contribution in [0.1, 0.15) is 17.2 Å². The van der Waals surface area contributed by atoms with Gasteiger partial charge in [-0.05, 0) is 29.3 Å². The van der Waals surface area contributed by atoms with E-state index in [0.29, 0.717) is 22.8 Å². The third-order valence-electron chi connectivity index (χ3n) is 3.86. The minimum atomic E-state index is -1.02. The van der Waals surface area contributed by atoms with Crippen molar-refractivity contribution in [3.63, 3.8) is 0 Å². The van der Waals surface area contributed by atoms with Gasteiger partial charge in [0.2, 0.25) is 0 Å². The highest BCUT2D eigenvalue weighted by Crippen LogP contribution is 2.29. The highest BCUT2D eigenvalue weighted by atomic mass is 16.7. The summed E-state index contributed by atoms with van der Waals surface area (Å²) in [6.45, 7) is 0.0807. The molecule has 25 heavy (non-hydrogen) atoms. The summed E-state index contributed by atoms with van der Waals surface area (Å²) in [5.41, 5.74) is 1.36. The molecule has 136 valence electrons. The molecule has 0 spiro atoms. The summed E-state index contributed by atoms with van der Waals surface area (Å²) in [6, 6.07) is 12.2. The summed E-state index contributed by atoms with van der Waals surface area (Å²) in [7, 11) is 4.67. The first kappa shape index (κ1) is 19.1. The average Bonchev–Trinajstić information content (AvgIpc) is 2.66. The molecular formula is C19H24O6. The molecule has 0 saturated carbocycles. The highest BCUT2D eigenvalue weighted by Gasteiger charge is 2.21. The zero-order valence-corrected chi connectivity index (χ0v) is 14.6. The van der Waals surface area contributed by atoms with Gasteiger partial charge in [0.15, 0.2) is 6.79 Å². The Kier molecular flexibility index (Phi) is 7.06. The molecule has 2 aromatic carbocycles. The van der Waals surface area contributed by atoms with E-state index < -0.39 is 12.2 Å². The van der Waals surface area contributed by atoms with Crippen molar-refractivity contribution in [1.82, 2.24) is 0 Å². The molecule has 0 aliphatic heterocycles. The zero-order chi connectivity index (χ0) is 18.2. The molecule has 0 aliphatic rings. The van der Waals surface area contributed by atoms with Crippen molar-refractivity contribution in [2.45, 2.75) is 18.6 Å². The van der Waals surface area contributed by atoms with E-state index in [0.717, 1.165) is 5.56 Å². The number of aliphatic hydroxyl groups excluding tert-OH is 2. The van der Waals surface area contributed by atoms with Crippen molar-refractivity contribution >= 4 is 0 Å². The normalized spacial score (nSPS) is 13.2. The van der Waals surface area contributed by atoms with Crippen LogP contribution in [-0.2, 0) is 11.2 Å². The van der Waals surface area contributed by atoms with Crippen LogP contribution in [0.5, 0.6) is 17.2 Å². The maximum atomic E-state index is 10.4. The second-order valence-corrected chi connectivity index (χ2v) is 5.51. The molecule has 6 nitrogen and oxygen atoms in total. The van der Waals surface area contributed by atoms with Crippen molar-refractivity contribution in [3.05, 3.63) is 53.6 Å². The Labute approximate surface area is 147 Å². The van der Waals surface area contributed by atoms with E-state index in [2.05, 4.69) is 0 Å². The third kappa shape index (κ3) is 5.09. The highest BCUT2D eigenvalue weighted by molar-refractivity contribution is 5.41. The molecule has 2 rings (SSSR count). The van der Waals surface area contributed by atoms with E-state index in [1.807, 2.05) is 0 Å². The summed E-state index contributed by atoms with van der Waals surface area (Å²) < 4.78 is 20.7. The summed E-state index contributed by atoms with van der Waals surface area (Å²) >= 11 is 0. The third-order valence-corrected chi connectivity index (χ3v) is 3.86. The molecule has 0 bridgehead atoms. The van der Waals surface area contributed by atoms with Crippen molar-refractivity contribution in [1.29, 1.82) is 0 Å². The van der Waals surface area contributed by atoms with E-state index in [1.54, 1.807) is 56.7 Å². The number of rotatable bonds is 9. The van der Waals surface area contributed by atoms with Crippen molar-refractivity contribution in [3.8, 4) is 17.2 Å². The second-order valence-electron chi connectivity index (χ2n) is 5.51. The van der Waals surface area contributed by atoms with Crippen LogP contribution in [0.2, 0.25) is 0 Å². The Morgan fingerprint density at radius 3 is 2.12 bits per heavy atom. The van der Waals surface area contributed by atoms with Gasteiger partial charge in [0, 0.05) is 19.6 Å². The largest absolute Gasteiger partial charge is 0.497 e. The fourth-order valence-electron chi connectivity index (χ4n) is 2.45. The van der Waals surface area contributed by atoms with Crippen LogP contribution in [0.3, 0.4) is 0 Å². The first-order chi connectivity index (χ1) is 12.1. The fourth-order valence-corrected chi connectivity index (χ4v) is 2.45. The van der Waals surface area contributed by atoms with Gasteiger partial charge in [0.1, 0.15) is 23.4 Å². The van der Waals surface area contributed by atoms with Crippen LogP contribution >= 0.6 is 0 Å². The molecule has 6 heteroatoms. The van der Waals surface area contributed by atoms with Crippen LogP contribution in [0.4, 0.5) is 0 Å². The molecule has 2 atom stereocenters. The lowest BCUT2D eigenvalue weighted by molar-refractivity contribution is 0.0171. The van der Waals surface area contributed by atoms with E-state index in [-0.39, 0.29) is 13.2 Å². The van der Waals surface area contributed by atoms with E-state index in [1.165, 1.54) is 7.11 Å². The molecule has 0 saturated heterocycles. The molecule has 0 amide bonds. The quantitative estimate of drug-likeness (QED) is 0.677. The fraction of sp³-hybridized carbons (Fsp3) is 0.368. The minimum Gasteiger partial charge on any atom is -0.497 e. The van der Waals surface area contributed by atoms with Crippen LogP contribution < -0.4 is 14.2 Å². The Balaban J connectivity index is 2.13. The van der Waals surface area contributed by atoms with E-state index in [9.17, 15) is 10.2 Å². The smallest absolute Gasteiger partial charge is 0.188 e. The maximum Gasteiger partial charge on any atom is 0.188 e. The number of hydrogen-bond acceptors (Lipinski definition) is 6. The van der Waals surface area contributed by atoms with Gasteiger partial charge in [-0.15, -0.1) is 0 Å². The van der Waals surface area contributed by atoms with Gasteiger partial charge in [-0.1, -0.05) is 18.2 Å². The SMILES string of the molecule is COCOc1cc(OC)ccc1C[C@H](O)[C@@H](O)c1ccc(OC)cc1. The van der Waals surface area contributed by atoms with Crippen molar-refractivity contribution < 1.29 is 29.2 Å². The lowest BCUT2D eigenvalue weighted by Gasteiger charge is -2.20. The Morgan fingerprint density at radius 2 is 1.52 bits per heavy atom. The lowest BCUT2D eigenvalue weighted by Crippen LogP contribution is -2.21. The van der Waals surface area contributed by atoms with Crippen LogP contribution in [0, 0.1) is 0 Å². The first-order valence-corrected chi connectivity index (χ1v) is 7.87. The molecule has 0 fully saturated rings.